The number of nitrogens with one attached hydrogen (secondary N) is 1. The Morgan fingerprint density at radius 2 is 2.30 bits per heavy atom. The second-order valence-corrected chi connectivity index (χ2v) is 1.10. The molecule has 0 aliphatic rings. The zero-order valence-electron chi connectivity index (χ0n) is 5.13. The summed E-state index contributed by atoms with van der Waals surface area (Å²) in [5.74, 6) is -0.804. The Kier molecular flexibility index (Phi) is 4.23. The van der Waals surface area contributed by atoms with Crippen LogP contribution in [0.5, 0.6) is 0 Å². The first kappa shape index (κ1) is 8.90. The summed E-state index contributed by atoms with van der Waals surface area (Å²) in [6, 6.07) is 0. The first-order valence-electron chi connectivity index (χ1n) is 2.22. The smallest absolute Gasteiger partial charge is 0.295 e. The SMILES string of the molecule is CCl.O=Cc1noc(=O)[nH]1. The highest BCUT2D eigenvalue weighted by Gasteiger charge is 1.93. The molecule has 0 amide bonds. The van der Waals surface area contributed by atoms with Gasteiger partial charge in [-0.3, -0.25) is 14.3 Å². The van der Waals surface area contributed by atoms with E-state index < -0.39 is 5.76 Å². The Morgan fingerprint density at radius 3 is 2.50 bits per heavy atom. The van der Waals surface area contributed by atoms with E-state index in [0.29, 0.717) is 6.29 Å². The van der Waals surface area contributed by atoms with Crippen LogP contribution in [0.4, 0.5) is 0 Å². The summed E-state index contributed by atoms with van der Waals surface area (Å²) in [6.45, 7) is 0. The van der Waals surface area contributed by atoms with Gasteiger partial charge >= 0.3 is 5.76 Å². The molecule has 0 unspecified atom stereocenters. The summed E-state index contributed by atoms with van der Waals surface area (Å²) in [7, 11) is 0. The van der Waals surface area contributed by atoms with E-state index in [9.17, 15) is 9.59 Å². The average molecular weight is 165 g/mol. The monoisotopic (exact) mass is 164 g/mol. The molecule has 1 rings (SSSR count). The van der Waals surface area contributed by atoms with E-state index in [1.54, 1.807) is 0 Å². The van der Waals surface area contributed by atoms with Gasteiger partial charge in [-0.25, -0.2) is 4.79 Å². The number of aromatic amines is 1. The molecule has 0 fully saturated rings. The quantitative estimate of drug-likeness (QED) is 0.469. The Labute approximate surface area is 61.0 Å². The van der Waals surface area contributed by atoms with Crippen LogP contribution < -0.4 is 5.76 Å². The highest BCUT2D eigenvalue weighted by atomic mass is 35.5. The fourth-order valence-electron chi connectivity index (χ4n) is 0.292. The van der Waals surface area contributed by atoms with Crippen LogP contribution in [-0.4, -0.2) is 22.8 Å². The molecule has 0 aliphatic carbocycles. The Bertz CT molecular complexity index is 241. The van der Waals surface area contributed by atoms with Gasteiger partial charge in [0, 0.05) is 6.38 Å². The van der Waals surface area contributed by atoms with Crippen molar-refractivity contribution in [2.75, 3.05) is 6.38 Å². The molecule has 0 radical (unpaired) electrons. The van der Waals surface area contributed by atoms with Crippen molar-refractivity contribution in [2.45, 2.75) is 0 Å². The zero-order chi connectivity index (χ0) is 7.98. The predicted molar refractivity (Wildman–Crippen MR) is 34.3 cm³/mol. The van der Waals surface area contributed by atoms with Crippen LogP contribution in [0.3, 0.4) is 0 Å². The lowest BCUT2D eigenvalue weighted by Gasteiger charge is -1.62. The fraction of sp³-hybridized carbons (Fsp3) is 0.250. The van der Waals surface area contributed by atoms with Crippen molar-refractivity contribution < 1.29 is 9.32 Å². The molecule has 0 saturated carbocycles. The van der Waals surface area contributed by atoms with Crippen molar-refractivity contribution in [3.8, 4) is 0 Å². The molecule has 1 aromatic rings. The lowest BCUT2D eigenvalue weighted by Crippen LogP contribution is -1.95. The standard InChI is InChI=1S/C3H2N2O3.CH3Cl/c6-1-2-4-3(7)8-5-2;1-2/h1H,(H,4,5,7);1H3. The Morgan fingerprint density at radius 1 is 1.70 bits per heavy atom. The number of hydrogen-bond acceptors (Lipinski definition) is 4. The van der Waals surface area contributed by atoms with Gasteiger partial charge in [0.25, 0.3) is 0 Å². The van der Waals surface area contributed by atoms with Crippen LogP contribution in [0.2, 0.25) is 0 Å². The van der Waals surface area contributed by atoms with E-state index in [1.165, 1.54) is 6.38 Å². The number of halogens is 1. The number of hydrogen-bond donors (Lipinski definition) is 1. The second-order valence-electron chi connectivity index (χ2n) is 1.10. The molecule has 0 atom stereocenters. The van der Waals surface area contributed by atoms with Crippen molar-refractivity contribution in [2.24, 2.45) is 0 Å². The predicted octanol–water partition coefficient (Wildman–Crippen LogP) is 0.0304. The van der Waals surface area contributed by atoms with Gasteiger partial charge < -0.3 is 0 Å². The van der Waals surface area contributed by atoms with E-state index in [2.05, 4.69) is 21.3 Å². The van der Waals surface area contributed by atoms with Crippen LogP contribution >= 0.6 is 11.6 Å². The molecule has 0 bridgehead atoms. The third-order valence-electron chi connectivity index (χ3n) is 0.569. The lowest BCUT2D eigenvalue weighted by molar-refractivity contribution is 0.111. The van der Waals surface area contributed by atoms with Gasteiger partial charge in [0.05, 0.1) is 0 Å². The minimum atomic E-state index is -0.716. The number of carbonyl (C=O) groups is 1. The summed E-state index contributed by atoms with van der Waals surface area (Å²) < 4.78 is 3.96. The largest absolute Gasteiger partial charge is 0.439 e. The normalized spacial score (nSPS) is 7.80. The van der Waals surface area contributed by atoms with Crippen molar-refractivity contribution in [1.29, 1.82) is 0 Å². The van der Waals surface area contributed by atoms with Crippen molar-refractivity contribution in [3.05, 3.63) is 16.4 Å². The molecular weight excluding hydrogens is 160 g/mol. The molecule has 0 aliphatic heterocycles. The van der Waals surface area contributed by atoms with Gasteiger partial charge in [0.2, 0.25) is 5.82 Å². The van der Waals surface area contributed by atoms with Crippen molar-refractivity contribution in [3.63, 3.8) is 0 Å². The number of H-pyrrole nitrogens is 1. The number of carbonyl (C=O) groups excluding carboxylic acids is 1. The van der Waals surface area contributed by atoms with Crippen LogP contribution in [0.25, 0.3) is 0 Å². The fourth-order valence-corrected chi connectivity index (χ4v) is 0.292. The summed E-state index contributed by atoms with van der Waals surface area (Å²) in [5.41, 5.74) is 0. The first-order chi connectivity index (χ1) is 4.83. The molecule has 56 valence electrons. The van der Waals surface area contributed by atoms with Gasteiger partial charge in [0.1, 0.15) is 0 Å². The van der Waals surface area contributed by atoms with E-state index in [0.717, 1.165) is 0 Å². The van der Waals surface area contributed by atoms with E-state index >= 15 is 0 Å². The van der Waals surface area contributed by atoms with E-state index in [4.69, 9.17) is 0 Å². The van der Waals surface area contributed by atoms with Gasteiger partial charge in [-0.05, 0) is 0 Å². The van der Waals surface area contributed by atoms with Crippen LogP contribution in [0.15, 0.2) is 9.32 Å². The van der Waals surface area contributed by atoms with Gasteiger partial charge in [-0.1, -0.05) is 5.16 Å². The van der Waals surface area contributed by atoms with Crippen LogP contribution in [0.1, 0.15) is 10.6 Å². The number of alkyl halides is 1. The zero-order valence-corrected chi connectivity index (χ0v) is 5.88. The highest BCUT2D eigenvalue weighted by Crippen LogP contribution is 1.71. The molecule has 0 aromatic carbocycles. The van der Waals surface area contributed by atoms with E-state index in [1.807, 2.05) is 4.98 Å². The van der Waals surface area contributed by atoms with Gasteiger partial charge in [-0.2, -0.15) is 0 Å². The minimum Gasteiger partial charge on any atom is -0.295 e. The number of aromatic nitrogens is 2. The summed E-state index contributed by atoms with van der Waals surface area (Å²) in [5, 5.41) is 3.02. The second kappa shape index (κ2) is 4.75. The summed E-state index contributed by atoms with van der Waals surface area (Å²) >= 11 is 4.64. The molecule has 10 heavy (non-hydrogen) atoms. The Hall–Kier alpha value is -1.10. The molecule has 5 nitrogen and oxygen atoms in total. The average Bonchev–Trinajstić information content (AvgIpc) is 2.40. The molecular formula is C4H5ClN2O3. The van der Waals surface area contributed by atoms with Gasteiger partial charge in [0.15, 0.2) is 6.29 Å². The highest BCUT2D eigenvalue weighted by molar-refractivity contribution is 6.15. The van der Waals surface area contributed by atoms with Crippen LogP contribution in [0, 0.1) is 0 Å². The maximum absolute atomic E-state index is 10.0. The minimum absolute atomic E-state index is 0.0880. The number of aldehydes is 1. The van der Waals surface area contributed by atoms with Gasteiger partial charge in [-0.15, -0.1) is 11.6 Å². The van der Waals surface area contributed by atoms with E-state index in [-0.39, 0.29) is 5.82 Å². The molecule has 0 saturated heterocycles. The van der Waals surface area contributed by atoms with Crippen molar-refractivity contribution >= 4 is 17.9 Å². The molecule has 1 heterocycles. The summed E-state index contributed by atoms with van der Waals surface area (Å²) in [4.78, 5) is 21.8. The Balaban J connectivity index is 0.000000371. The number of nitrogens with zero attached hydrogens (tertiary/aromatic N) is 1. The lowest BCUT2D eigenvalue weighted by atomic mass is 10.7. The number of rotatable bonds is 1. The maximum Gasteiger partial charge on any atom is 0.439 e. The first-order valence-corrected chi connectivity index (χ1v) is 2.97. The molecule has 1 N–H and O–H groups in total. The molecule has 1 aromatic heterocycles. The summed E-state index contributed by atoms with van der Waals surface area (Å²) in [6.07, 6.45) is 1.87. The topological polar surface area (TPSA) is 76.0 Å². The van der Waals surface area contributed by atoms with Crippen molar-refractivity contribution in [1.82, 2.24) is 10.1 Å². The maximum atomic E-state index is 10.0. The third-order valence-corrected chi connectivity index (χ3v) is 0.569. The third kappa shape index (κ3) is 2.45. The molecule has 0 spiro atoms. The molecule has 6 heteroatoms. The van der Waals surface area contributed by atoms with Crippen LogP contribution in [-0.2, 0) is 0 Å².